The predicted molar refractivity (Wildman–Crippen MR) is 72.0 cm³/mol. The molecule has 96 valence electrons. The highest BCUT2D eigenvalue weighted by atomic mass is 16.5. The predicted octanol–water partition coefficient (Wildman–Crippen LogP) is 2.84. The first-order valence-electron chi connectivity index (χ1n) is 6.13. The Hall–Kier alpha value is -2.13. The number of ether oxygens (including phenoxy) is 1. The van der Waals surface area contributed by atoms with Crippen LogP contribution in [0.1, 0.15) is 33.2 Å². The van der Waals surface area contributed by atoms with Crippen LogP contribution in [0.25, 0.3) is 11.1 Å². The molecule has 0 aliphatic heterocycles. The van der Waals surface area contributed by atoms with E-state index in [2.05, 4.69) is 0 Å². The summed E-state index contributed by atoms with van der Waals surface area (Å²) in [5, 5.41) is 10.3. The van der Waals surface area contributed by atoms with Crippen LogP contribution < -0.4 is 0 Å². The van der Waals surface area contributed by atoms with Crippen molar-refractivity contribution >= 4 is 5.97 Å². The maximum absolute atomic E-state index is 11.6. The van der Waals surface area contributed by atoms with Crippen molar-refractivity contribution in [2.45, 2.75) is 13.0 Å². The van der Waals surface area contributed by atoms with Crippen molar-refractivity contribution in [3.8, 4) is 11.1 Å². The van der Waals surface area contributed by atoms with E-state index in [9.17, 15) is 9.90 Å². The van der Waals surface area contributed by atoms with Gasteiger partial charge in [0.15, 0.2) is 0 Å². The molecule has 0 saturated carbocycles. The fourth-order valence-corrected chi connectivity index (χ4v) is 2.58. The number of aliphatic hydroxyl groups excluding tert-OH is 1. The Morgan fingerprint density at radius 3 is 2.42 bits per heavy atom. The summed E-state index contributed by atoms with van der Waals surface area (Å²) in [4.78, 5) is 11.6. The van der Waals surface area contributed by atoms with Gasteiger partial charge < -0.3 is 9.84 Å². The van der Waals surface area contributed by atoms with Gasteiger partial charge >= 0.3 is 5.97 Å². The van der Waals surface area contributed by atoms with Crippen LogP contribution in [0.15, 0.2) is 36.4 Å². The first-order chi connectivity index (χ1) is 9.11. The number of methoxy groups -OCH3 is 1. The average molecular weight is 254 g/mol. The fraction of sp³-hybridized carbons (Fsp3) is 0.188. The molecule has 0 amide bonds. The van der Waals surface area contributed by atoms with Gasteiger partial charge in [-0.2, -0.15) is 0 Å². The number of carbonyl (C=O) groups excluding carboxylic acids is 1. The topological polar surface area (TPSA) is 46.5 Å². The molecule has 1 atom stereocenters. The first-order valence-corrected chi connectivity index (χ1v) is 6.13. The summed E-state index contributed by atoms with van der Waals surface area (Å²) in [7, 11) is 1.36. The second kappa shape index (κ2) is 4.21. The Bertz CT molecular complexity index is 674. The zero-order valence-electron chi connectivity index (χ0n) is 10.8. The quantitative estimate of drug-likeness (QED) is 0.796. The highest BCUT2D eigenvalue weighted by molar-refractivity contribution is 5.92. The monoisotopic (exact) mass is 254 g/mol. The van der Waals surface area contributed by atoms with Crippen LogP contribution in [-0.2, 0) is 4.74 Å². The normalized spacial score (nSPS) is 15.8. The van der Waals surface area contributed by atoms with E-state index in [4.69, 9.17) is 4.74 Å². The minimum Gasteiger partial charge on any atom is -0.465 e. The lowest BCUT2D eigenvalue weighted by molar-refractivity contribution is 0.0600. The molecule has 3 nitrogen and oxygen atoms in total. The van der Waals surface area contributed by atoms with Crippen molar-refractivity contribution in [2.75, 3.05) is 7.11 Å². The standard InChI is InChI=1S/C16H14O3/c1-9-3-5-11-13(7-9)14-8-10(16(18)19-2)4-6-12(14)15(11)17/h3-8,15,17H,1-2H3. The lowest BCUT2D eigenvalue weighted by atomic mass is 10.0. The molecule has 3 heteroatoms. The number of aryl methyl sites for hydroxylation is 1. The zero-order valence-corrected chi connectivity index (χ0v) is 10.8. The number of rotatable bonds is 1. The first kappa shape index (κ1) is 11.9. The zero-order chi connectivity index (χ0) is 13.6. The average Bonchev–Trinajstić information content (AvgIpc) is 2.70. The number of benzene rings is 2. The molecule has 0 fully saturated rings. The number of aliphatic hydroxyl groups is 1. The van der Waals surface area contributed by atoms with Crippen LogP contribution in [0.4, 0.5) is 0 Å². The van der Waals surface area contributed by atoms with Gasteiger partial charge in [0.05, 0.1) is 12.7 Å². The molecule has 0 radical (unpaired) electrons. The fourth-order valence-electron chi connectivity index (χ4n) is 2.58. The Morgan fingerprint density at radius 2 is 1.74 bits per heavy atom. The van der Waals surface area contributed by atoms with E-state index >= 15 is 0 Å². The summed E-state index contributed by atoms with van der Waals surface area (Å²) in [6, 6.07) is 11.2. The summed E-state index contributed by atoms with van der Waals surface area (Å²) in [5.74, 6) is -0.363. The molecule has 1 unspecified atom stereocenters. The maximum atomic E-state index is 11.6. The molecule has 1 aliphatic rings. The number of hydrogen-bond donors (Lipinski definition) is 1. The molecule has 1 aliphatic carbocycles. The maximum Gasteiger partial charge on any atom is 0.337 e. The lowest BCUT2D eigenvalue weighted by Gasteiger charge is -2.06. The molecule has 0 heterocycles. The third kappa shape index (κ3) is 1.74. The Morgan fingerprint density at radius 1 is 1.11 bits per heavy atom. The SMILES string of the molecule is COC(=O)c1ccc2c(c1)-c1cc(C)ccc1C2O. The molecule has 0 saturated heterocycles. The van der Waals surface area contributed by atoms with E-state index in [1.165, 1.54) is 7.11 Å². The molecule has 3 rings (SSSR count). The number of hydrogen-bond acceptors (Lipinski definition) is 3. The summed E-state index contributed by atoms with van der Waals surface area (Å²) >= 11 is 0. The van der Waals surface area contributed by atoms with Crippen LogP contribution in [0.2, 0.25) is 0 Å². The van der Waals surface area contributed by atoms with Gasteiger partial charge in [0.25, 0.3) is 0 Å². The summed E-state index contributed by atoms with van der Waals surface area (Å²) in [5.41, 5.74) is 5.27. The molecule has 2 aromatic carbocycles. The lowest BCUT2D eigenvalue weighted by Crippen LogP contribution is -2.01. The minimum absolute atomic E-state index is 0.363. The van der Waals surface area contributed by atoms with E-state index in [-0.39, 0.29) is 5.97 Å². The molecular formula is C16H14O3. The summed E-state index contributed by atoms with van der Waals surface area (Å²) in [6.07, 6.45) is -0.614. The number of esters is 1. The molecule has 0 bridgehead atoms. The molecule has 2 aromatic rings. The summed E-state index contributed by atoms with van der Waals surface area (Å²) in [6.45, 7) is 2.01. The van der Waals surface area contributed by atoms with Crippen molar-refractivity contribution < 1.29 is 14.6 Å². The number of carbonyl (C=O) groups is 1. The number of fused-ring (bicyclic) bond motifs is 3. The molecule has 0 aromatic heterocycles. The molecule has 1 N–H and O–H groups in total. The highest BCUT2D eigenvalue weighted by Crippen LogP contribution is 2.44. The van der Waals surface area contributed by atoms with Crippen molar-refractivity contribution in [3.05, 3.63) is 58.7 Å². The van der Waals surface area contributed by atoms with Gasteiger partial charge in [0.2, 0.25) is 0 Å². The van der Waals surface area contributed by atoms with Gasteiger partial charge in [-0.15, -0.1) is 0 Å². The van der Waals surface area contributed by atoms with Crippen LogP contribution in [-0.4, -0.2) is 18.2 Å². The Labute approximate surface area is 111 Å². The van der Waals surface area contributed by atoms with E-state index in [0.717, 1.165) is 27.8 Å². The van der Waals surface area contributed by atoms with Crippen molar-refractivity contribution in [1.29, 1.82) is 0 Å². The molecule has 0 spiro atoms. The molecular weight excluding hydrogens is 240 g/mol. The van der Waals surface area contributed by atoms with Crippen LogP contribution in [0.3, 0.4) is 0 Å². The second-order valence-electron chi connectivity index (χ2n) is 4.79. The van der Waals surface area contributed by atoms with Gasteiger partial charge in [0.1, 0.15) is 6.10 Å². The second-order valence-corrected chi connectivity index (χ2v) is 4.79. The smallest absolute Gasteiger partial charge is 0.337 e. The van der Waals surface area contributed by atoms with Crippen LogP contribution in [0, 0.1) is 6.92 Å². The van der Waals surface area contributed by atoms with E-state index in [0.29, 0.717) is 5.56 Å². The minimum atomic E-state index is -0.614. The van der Waals surface area contributed by atoms with E-state index < -0.39 is 6.10 Å². The van der Waals surface area contributed by atoms with E-state index in [1.807, 2.05) is 25.1 Å². The Balaban J connectivity index is 2.21. The van der Waals surface area contributed by atoms with Gasteiger partial charge in [-0.05, 0) is 41.3 Å². The third-order valence-electron chi connectivity index (χ3n) is 3.56. The van der Waals surface area contributed by atoms with Gasteiger partial charge in [-0.1, -0.05) is 29.8 Å². The largest absolute Gasteiger partial charge is 0.465 e. The highest BCUT2D eigenvalue weighted by Gasteiger charge is 2.27. The van der Waals surface area contributed by atoms with Crippen LogP contribution in [0.5, 0.6) is 0 Å². The van der Waals surface area contributed by atoms with Gasteiger partial charge in [-0.25, -0.2) is 4.79 Å². The van der Waals surface area contributed by atoms with Gasteiger partial charge in [0, 0.05) is 0 Å². The van der Waals surface area contributed by atoms with Crippen molar-refractivity contribution in [2.24, 2.45) is 0 Å². The summed E-state index contributed by atoms with van der Waals surface area (Å²) < 4.78 is 4.73. The van der Waals surface area contributed by atoms with Crippen LogP contribution >= 0.6 is 0 Å². The van der Waals surface area contributed by atoms with E-state index in [1.54, 1.807) is 18.2 Å². The Kier molecular flexibility index (Phi) is 2.64. The van der Waals surface area contributed by atoms with Gasteiger partial charge in [-0.3, -0.25) is 0 Å². The van der Waals surface area contributed by atoms with Crippen molar-refractivity contribution in [1.82, 2.24) is 0 Å². The van der Waals surface area contributed by atoms with Crippen molar-refractivity contribution in [3.63, 3.8) is 0 Å². The third-order valence-corrected chi connectivity index (χ3v) is 3.56. The molecule has 19 heavy (non-hydrogen) atoms.